The van der Waals surface area contributed by atoms with Gasteiger partial charge in [0.15, 0.2) is 4.80 Å². The van der Waals surface area contributed by atoms with E-state index in [2.05, 4.69) is 11.6 Å². The molecular weight excluding hydrogens is 392 g/mol. The average molecular weight is 415 g/mol. The highest BCUT2D eigenvalue weighted by molar-refractivity contribution is 7.98. The molecule has 28 heavy (non-hydrogen) atoms. The van der Waals surface area contributed by atoms with Crippen molar-refractivity contribution < 1.29 is 14.3 Å². The second kappa shape index (κ2) is 9.12. The SMILES string of the molecule is C=CCn1c(=NC(=O)Cc2ccc(SC)cc2)sc2c(OC)ccc(OC)c21. The number of carbonyl (C=O) groups is 1. The van der Waals surface area contributed by atoms with Crippen molar-refractivity contribution >= 4 is 39.2 Å². The molecule has 3 aromatic rings. The first-order chi connectivity index (χ1) is 13.6. The van der Waals surface area contributed by atoms with Crippen LogP contribution in [0.3, 0.4) is 0 Å². The van der Waals surface area contributed by atoms with Gasteiger partial charge in [-0.05, 0) is 36.1 Å². The molecule has 0 N–H and O–H groups in total. The van der Waals surface area contributed by atoms with E-state index in [1.807, 2.05) is 47.2 Å². The van der Waals surface area contributed by atoms with Crippen molar-refractivity contribution in [1.82, 2.24) is 4.57 Å². The van der Waals surface area contributed by atoms with Crippen LogP contribution in [0.1, 0.15) is 5.56 Å². The number of hydrogen-bond donors (Lipinski definition) is 0. The van der Waals surface area contributed by atoms with Gasteiger partial charge >= 0.3 is 0 Å². The number of ether oxygens (including phenoxy) is 2. The number of thioether (sulfide) groups is 1. The van der Waals surface area contributed by atoms with E-state index in [1.54, 1.807) is 32.1 Å². The zero-order chi connectivity index (χ0) is 20.1. The lowest BCUT2D eigenvalue weighted by Crippen LogP contribution is -2.17. The zero-order valence-corrected chi connectivity index (χ0v) is 17.7. The maximum atomic E-state index is 12.6. The zero-order valence-electron chi connectivity index (χ0n) is 16.1. The van der Waals surface area contributed by atoms with Gasteiger partial charge in [0.2, 0.25) is 0 Å². The smallest absolute Gasteiger partial charge is 0.252 e. The first-order valence-electron chi connectivity index (χ1n) is 8.67. The van der Waals surface area contributed by atoms with Crippen LogP contribution < -0.4 is 14.3 Å². The van der Waals surface area contributed by atoms with E-state index in [0.29, 0.717) is 17.1 Å². The molecule has 0 spiro atoms. The number of allylic oxidation sites excluding steroid dienone is 1. The topological polar surface area (TPSA) is 52.8 Å². The van der Waals surface area contributed by atoms with Gasteiger partial charge in [-0.25, -0.2) is 0 Å². The molecule has 7 heteroatoms. The van der Waals surface area contributed by atoms with Crippen LogP contribution in [0, 0.1) is 0 Å². The summed E-state index contributed by atoms with van der Waals surface area (Å²) >= 11 is 3.08. The quantitative estimate of drug-likeness (QED) is 0.427. The van der Waals surface area contributed by atoms with Crippen LogP contribution in [0.5, 0.6) is 11.5 Å². The molecule has 0 bridgehead atoms. The molecule has 1 amide bonds. The number of hydrogen-bond acceptors (Lipinski definition) is 5. The number of methoxy groups -OCH3 is 2. The van der Waals surface area contributed by atoms with Gasteiger partial charge in [0.25, 0.3) is 5.91 Å². The molecule has 0 saturated heterocycles. The molecule has 0 aliphatic heterocycles. The average Bonchev–Trinajstić information content (AvgIpc) is 3.06. The highest BCUT2D eigenvalue weighted by atomic mass is 32.2. The van der Waals surface area contributed by atoms with Crippen LogP contribution in [-0.4, -0.2) is 30.9 Å². The second-order valence-electron chi connectivity index (χ2n) is 5.96. The summed E-state index contributed by atoms with van der Waals surface area (Å²) in [5, 5.41) is 0. The lowest BCUT2D eigenvalue weighted by Gasteiger charge is -2.08. The Hall–Kier alpha value is -2.51. The van der Waals surface area contributed by atoms with Crippen molar-refractivity contribution in [1.29, 1.82) is 0 Å². The summed E-state index contributed by atoms with van der Waals surface area (Å²) in [5.74, 6) is 1.23. The lowest BCUT2D eigenvalue weighted by atomic mass is 10.1. The summed E-state index contributed by atoms with van der Waals surface area (Å²) < 4.78 is 13.8. The highest BCUT2D eigenvalue weighted by Crippen LogP contribution is 2.35. The van der Waals surface area contributed by atoms with Crippen molar-refractivity contribution in [2.45, 2.75) is 17.9 Å². The fourth-order valence-corrected chi connectivity index (χ4v) is 4.48. The van der Waals surface area contributed by atoms with E-state index in [4.69, 9.17) is 9.47 Å². The van der Waals surface area contributed by atoms with Crippen molar-refractivity contribution in [3.8, 4) is 11.5 Å². The lowest BCUT2D eigenvalue weighted by molar-refractivity contribution is -0.117. The number of nitrogens with zero attached hydrogens (tertiary/aromatic N) is 2. The number of thiazole rings is 1. The third-order valence-corrected chi connectivity index (χ3v) is 6.08. The third kappa shape index (κ3) is 4.15. The van der Waals surface area contributed by atoms with Crippen molar-refractivity contribution in [2.75, 3.05) is 20.5 Å². The van der Waals surface area contributed by atoms with Crippen LogP contribution in [0.15, 0.2) is 58.9 Å². The van der Waals surface area contributed by atoms with Gasteiger partial charge in [-0.15, -0.1) is 18.3 Å². The van der Waals surface area contributed by atoms with Crippen molar-refractivity contribution in [2.24, 2.45) is 4.99 Å². The van der Waals surface area contributed by atoms with Crippen LogP contribution in [-0.2, 0) is 17.8 Å². The van der Waals surface area contributed by atoms with E-state index in [9.17, 15) is 4.79 Å². The normalized spacial score (nSPS) is 11.6. The Morgan fingerprint density at radius 2 is 1.86 bits per heavy atom. The fraction of sp³-hybridized carbons (Fsp3) is 0.238. The maximum absolute atomic E-state index is 12.6. The van der Waals surface area contributed by atoms with Gasteiger partial charge in [-0.3, -0.25) is 4.79 Å². The summed E-state index contributed by atoms with van der Waals surface area (Å²) in [5.41, 5.74) is 1.79. The van der Waals surface area contributed by atoms with Crippen molar-refractivity contribution in [3.63, 3.8) is 0 Å². The minimum atomic E-state index is -0.195. The van der Waals surface area contributed by atoms with Gasteiger partial charge in [0.05, 0.1) is 20.6 Å². The Morgan fingerprint density at radius 1 is 1.18 bits per heavy atom. The summed E-state index contributed by atoms with van der Waals surface area (Å²) in [6, 6.07) is 11.7. The van der Waals surface area contributed by atoms with E-state index in [0.717, 1.165) is 21.5 Å². The largest absolute Gasteiger partial charge is 0.495 e. The molecule has 0 saturated carbocycles. The molecule has 1 heterocycles. The standard InChI is InChI=1S/C21H22N2O3S2/c1-5-12-23-19-16(25-2)10-11-17(26-3)20(19)28-21(23)22-18(24)13-14-6-8-15(27-4)9-7-14/h5-11H,1,12-13H2,2-4H3. The predicted octanol–water partition coefficient (Wildman–Crippen LogP) is 4.30. The fourth-order valence-electron chi connectivity index (χ4n) is 2.90. The van der Waals surface area contributed by atoms with Crippen LogP contribution in [0.4, 0.5) is 0 Å². The Bertz CT molecular complexity index is 1070. The van der Waals surface area contributed by atoms with E-state index >= 15 is 0 Å². The molecule has 2 aromatic carbocycles. The number of rotatable bonds is 7. The van der Waals surface area contributed by atoms with Crippen LogP contribution in [0.25, 0.3) is 10.2 Å². The van der Waals surface area contributed by atoms with Gasteiger partial charge in [0, 0.05) is 11.4 Å². The van der Waals surface area contributed by atoms with E-state index < -0.39 is 0 Å². The Kier molecular flexibility index (Phi) is 6.59. The van der Waals surface area contributed by atoms with Crippen LogP contribution in [0.2, 0.25) is 0 Å². The number of aromatic nitrogens is 1. The first-order valence-corrected chi connectivity index (χ1v) is 10.7. The van der Waals surface area contributed by atoms with E-state index in [-0.39, 0.29) is 12.3 Å². The number of amides is 1. The van der Waals surface area contributed by atoms with Crippen LogP contribution >= 0.6 is 23.1 Å². The molecule has 0 atom stereocenters. The number of fused-ring (bicyclic) bond motifs is 1. The molecule has 1 aromatic heterocycles. The Morgan fingerprint density at radius 3 is 2.46 bits per heavy atom. The molecule has 3 rings (SSSR count). The number of carbonyl (C=O) groups excluding carboxylic acids is 1. The summed E-state index contributed by atoms with van der Waals surface area (Å²) in [6.45, 7) is 4.34. The first kappa shape index (κ1) is 20.2. The summed E-state index contributed by atoms with van der Waals surface area (Å²) in [4.78, 5) is 18.8. The maximum Gasteiger partial charge on any atom is 0.252 e. The minimum absolute atomic E-state index is 0.195. The highest BCUT2D eigenvalue weighted by Gasteiger charge is 2.16. The Balaban J connectivity index is 2.05. The number of benzene rings is 2. The third-order valence-electron chi connectivity index (χ3n) is 4.24. The summed E-state index contributed by atoms with van der Waals surface area (Å²) in [7, 11) is 3.25. The second-order valence-corrected chi connectivity index (χ2v) is 7.82. The van der Waals surface area contributed by atoms with Crippen molar-refractivity contribution in [3.05, 3.63) is 59.4 Å². The predicted molar refractivity (Wildman–Crippen MR) is 116 cm³/mol. The van der Waals surface area contributed by atoms with E-state index in [1.165, 1.54) is 16.2 Å². The molecule has 0 fully saturated rings. The minimum Gasteiger partial charge on any atom is -0.495 e. The molecule has 0 radical (unpaired) electrons. The molecule has 5 nitrogen and oxygen atoms in total. The molecule has 0 unspecified atom stereocenters. The van der Waals surface area contributed by atoms with Gasteiger partial charge in [0.1, 0.15) is 21.7 Å². The monoisotopic (exact) mass is 414 g/mol. The molecular formula is C21H22N2O3S2. The molecule has 0 aliphatic carbocycles. The van der Waals surface area contributed by atoms with Gasteiger partial charge in [-0.1, -0.05) is 29.5 Å². The van der Waals surface area contributed by atoms with Gasteiger partial charge in [-0.2, -0.15) is 4.99 Å². The summed E-state index contributed by atoms with van der Waals surface area (Å²) in [6.07, 6.45) is 4.05. The van der Waals surface area contributed by atoms with Gasteiger partial charge < -0.3 is 14.0 Å². The molecule has 0 aliphatic rings. The molecule has 146 valence electrons. The Labute approximate surface area is 172 Å².